The molecule has 0 saturated heterocycles. The minimum absolute atomic E-state index is 0.0592. The molecule has 1 fully saturated rings. The van der Waals surface area contributed by atoms with Crippen LogP contribution in [0.2, 0.25) is 0 Å². The summed E-state index contributed by atoms with van der Waals surface area (Å²) in [4.78, 5) is 11.6. The first kappa shape index (κ1) is 15.0. The number of nitrogens with one attached hydrogen (secondary N) is 2. The molecule has 1 amide bonds. The average Bonchev–Trinajstić information content (AvgIpc) is 2.36. The van der Waals surface area contributed by atoms with E-state index in [1.165, 1.54) is 17.7 Å². The van der Waals surface area contributed by atoms with Crippen LogP contribution >= 0.6 is 0 Å². The fourth-order valence-electron chi connectivity index (χ4n) is 2.41. The Kier molecular flexibility index (Phi) is 5.12. The lowest BCUT2D eigenvalue weighted by molar-refractivity contribution is -0.120. The SMILES string of the molecule is CC(C)CNC(=O)CNC1CC(c2ccc(F)cc2)C1. The van der Waals surface area contributed by atoms with E-state index in [0.29, 0.717) is 24.4 Å². The van der Waals surface area contributed by atoms with E-state index in [0.717, 1.165) is 19.4 Å². The molecule has 1 aliphatic carbocycles. The second-order valence-electron chi connectivity index (χ2n) is 6.00. The first-order valence-corrected chi connectivity index (χ1v) is 7.30. The van der Waals surface area contributed by atoms with Crippen molar-refractivity contribution in [3.05, 3.63) is 35.6 Å². The predicted octanol–water partition coefficient (Wildman–Crippen LogP) is 2.43. The highest BCUT2D eigenvalue weighted by atomic mass is 19.1. The Labute approximate surface area is 120 Å². The summed E-state index contributed by atoms with van der Waals surface area (Å²) in [6.45, 7) is 5.26. The lowest BCUT2D eigenvalue weighted by Crippen LogP contribution is -2.45. The molecule has 0 radical (unpaired) electrons. The highest BCUT2D eigenvalue weighted by molar-refractivity contribution is 5.78. The van der Waals surface area contributed by atoms with Crippen molar-refractivity contribution in [3.8, 4) is 0 Å². The van der Waals surface area contributed by atoms with Crippen LogP contribution in [0, 0.1) is 11.7 Å². The van der Waals surface area contributed by atoms with E-state index in [1.807, 2.05) is 12.1 Å². The maximum Gasteiger partial charge on any atom is 0.233 e. The summed E-state index contributed by atoms with van der Waals surface area (Å²) in [5.74, 6) is 0.839. The van der Waals surface area contributed by atoms with Gasteiger partial charge in [-0.25, -0.2) is 4.39 Å². The lowest BCUT2D eigenvalue weighted by Gasteiger charge is -2.36. The van der Waals surface area contributed by atoms with Crippen molar-refractivity contribution in [2.75, 3.05) is 13.1 Å². The summed E-state index contributed by atoms with van der Waals surface area (Å²) in [6.07, 6.45) is 2.03. The van der Waals surface area contributed by atoms with Crippen molar-refractivity contribution < 1.29 is 9.18 Å². The lowest BCUT2D eigenvalue weighted by atomic mass is 9.76. The Hall–Kier alpha value is -1.42. The van der Waals surface area contributed by atoms with Gasteiger partial charge in [0, 0.05) is 12.6 Å². The van der Waals surface area contributed by atoms with Gasteiger partial charge in [0.25, 0.3) is 0 Å². The van der Waals surface area contributed by atoms with Gasteiger partial charge in [-0.1, -0.05) is 26.0 Å². The Morgan fingerprint density at radius 3 is 2.55 bits per heavy atom. The molecule has 0 spiro atoms. The number of hydrogen-bond donors (Lipinski definition) is 2. The van der Waals surface area contributed by atoms with Gasteiger partial charge in [0.2, 0.25) is 5.91 Å². The fourth-order valence-corrected chi connectivity index (χ4v) is 2.41. The summed E-state index contributed by atoms with van der Waals surface area (Å²) in [5, 5.41) is 6.16. The van der Waals surface area contributed by atoms with Gasteiger partial charge in [0.15, 0.2) is 0 Å². The second-order valence-corrected chi connectivity index (χ2v) is 6.00. The van der Waals surface area contributed by atoms with Crippen LogP contribution in [0.3, 0.4) is 0 Å². The largest absolute Gasteiger partial charge is 0.355 e. The molecule has 2 rings (SSSR count). The highest BCUT2D eigenvalue weighted by Gasteiger charge is 2.30. The average molecular weight is 278 g/mol. The molecule has 0 aromatic heterocycles. The molecule has 2 N–H and O–H groups in total. The summed E-state index contributed by atoms with van der Waals surface area (Å²) in [5.41, 5.74) is 1.19. The zero-order valence-corrected chi connectivity index (χ0v) is 12.2. The first-order valence-electron chi connectivity index (χ1n) is 7.30. The zero-order chi connectivity index (χ0) is 14.5. The van der Waals surface area contributed by atoms with Gasteiger partial charge in [-0.05, 0) is 42.4 Å². The molecule has 20 heavy (non-hydrogen) atoms. The van der Waals surface area contributed by atoms with Crippen LogP contribution in [0.5, 0.6) is 0 Å². The van der Waals surface area contributed by atoms with Crippen LogP contribution in [0.25, 0.3) is 0 Å². The standard InChI is InChI=1S/C16H23FN2O/c1-11(2)9-19-16(20)10-18-15-7-13(8-15)12-3-5-14(17)6-4-12/h3-6,11,13,15,18H,7-10H2,1-2H3,(H,19,20). The highest BCUT2D eigenvalue weighted by Crippen LogP contribution is 2.36. The number of carbonyl (C=O) groups is 1. The van der Waals surface area contributed by atoms with Crippen molar-refractivity contribution in [2.45, 2.75) is 38.6 Å². The van der Waals surface area contributed by atoms with Crippen molar-refractivity contribution in [1.29, 1.82) is 0 Å². The Morgan fingerprint density at radius 2 is 1.95 bits per heavy atom. The number of carbonyl (C=O) groups excluding carboxylic acids is 1. The van der Waals surface area contributed by atoms with Gasteiger partial charge in [-0.2, -0.15) is 0 Å². The molecule has 0 heterocycles. The van der Waals surface area contributed by atoms with Gasteiger partial charge in [0.1, 0.15) is 5.82 Å². The van der Waals surface area contributed by atoms with E-state index < -0.39 is 0 Å². The smallest absolute Gasteiger partial charge is 0.233 e. The van der Waals surface area contributed by atoms with Gasteiger partial charge in [0.05, 0.1) is 6.54 Å². The number of amides is 1. The van der Waals surface area contributed by atoms with E-state index in [2.05, 4.69) is 24.5 Å². The molecular weight excluding hydrogens is 255 g/mol. The maximum atomic E-state index is 12.8. The fraction of sp³-hybridized carbons (Fsp3) is 0.562. The monoisotopic (exact) mass is 278 g/mol. The summed E-state index contributed by atoms with van der Waals surface area (Å²) in [7, 11) is 0. The molecule has 1 aromatic rings. The molecule has 1 aromatic carbocycles. The minimum atomic E-state index is -0.190. The molecular formula is C16H23FN2O. The van der Waals surface area contributed by atoms with E-state index in [9.17, 15) is 9.18 Å². The van der Waals surface area contributed by atoms with Crippen molar-refractivity contribution in [3.63, 3.8) is 0 Å². The topological polar surface area (TPSA) is 41.1 Å². The van der Waals surface area contributed by atoms with Crippen molar-refractivity contribution >= 4 is 5.91 Å². The first-order chi connectivity index (χ1) is 9.54. The van der Waals surface area contributed by atoms with Crippen LogP contribution in [-0.2, 0) is 4.79 Å². The molecule has 1 aliphatic rings. The van der Waals surface area contributed by atoms with Gasteiger partial charge < -0.3 is 10.6 Å². The predicted molar refractivity (Wildman–Crippen MR) is 78.0 cm³/mol. The Balaban J connectivity index is 1.64. The minimum Gasteiger partial charge on any atom is -0.355 e. The molecule has 3 nitrogen and oxygen atoms in total. The van der Waals surface area contributed by atoms with Gasteiger partial charge >= 0.3 is 0 Å². The van der Waals surface area contributed by atoms with Gasteiger partial charge in [-0.15, -0.1) is 0 Å². The third kappa shape index (κ3) is 4.30. The molecule has 0 bridgehead atoms. The van der Waals surface area contributed by atoms with E-state index in [1.54, 1.807) is 0 Å². The van der Waals surface area contributed by atoms with Crippen LogP contribution in [0.1, 0.15) is 38.2 Å². The molecule has 0 aliphatic heterocycles. The number of hydrogen-bond acceptors (Lipinski definition) is 2. The molecule has 0 unspecified atom stereocenters. The second kappa shape index (κ2) is 6.84. The summed E-state index contributed by atoms with van der Waals surface area (Å²) in [6, 6.07) is 7.12. The quantitative estimate of drug-likeness (QED) is 0.839. The number of rotatable bonds is 6. The zero-order valence-electron chi connectivity index (χ0n) is 12.2. The van der Waals surface area contributed by atoms with Crippen molar-refractivity contribution in [2.24, 2.45) is 5.92 Å². The molecule has 0 atom stereocenters. The summed E-state index contributed by atoms with van der Waals surface area (Å²) < 4.78 is 12.8. The normalized spacial score (nSPS) is 21.6. The molecule has 110 valence electrons. The number of benzene rings is 1. The third-order valence-corrected chi connectivity index (χ3v) is 3.74. The molecule has 4 heteroatoms. The Morgan fingerprint density at radius 1 is 1.30 bits per heavy atom. The maximum absolute atomic E-state index is 12.8. The van der Waals surface area contributed by atoms with Crippen LogP contribution < -0.4 is 10.6 Å². The van der Waals surface area contributed by atoms with E-state index in [4.69, 9.17) is 0 Å². The van der Waals surface area contributed by atoms with E-state index >= 15 is 0 Å². The number of halogens is 1. The van der Waals surface area contributed by atoms with E-state index in [-0.39, 0.29) is 11.7 Å². The van der Waals surface area contributed by atoms with Crippen LogP contribution in [0.15, 0.2) is 24.3 Å². The van der Waals surface area contributed by atoms with Crippen LogP contribution in [-0.4, -0.2) is 25.0 Å². The third-order valence-electron chi connectivity index (χ3n) is 3.74. The Bertz CT molecular complexity index is 438. The van der Waals surface area contributed by atoms with Crippen molar-refractivity contribution in [1.82, 2.24) is 10.6 Å². The van der Waals surface area contributed by atoms with Crippen LogP contribution in [0.4, 0.5) is 4.39 Å². The summed E-state index contributed by atoms with van der Waals surface area (Å²) >= 11 is 0. The molecule has 1 saturated carbocycles. The van der Waals surface area contributed by atoms with Gasteiger partial charge in [-0.3, -0.25) is 4.79 Å².